The standard InChI is InChI=1S/C17H22F3NO/c1-10(2)12-7-13(9-14(8-12)16(4)5-6-16)15(22)21-11(3)17(18,19)20/h7-11H,5-6H2,1-4H3,(H,21,22)/t11-/m0/s1. The molecule has 1 aromatic carbocycles. The van der Waals surface area contributed by atoms with Crippen LogP contribution in [0.5, 0.6) is 0 Å². The van der Waals surface area contributed by atoms with Gasteiger partial charge < -0.3 is 5.32 Å². The van der Waals surface area contributed by atoms with E-state index in [1.165, 1.54) is 0 Å². The summed E-state index contributed by atoms with van der Waals surface area (Å²) >= 11 is 0. The molecule has 1 aromatic rings. The molecule has 0 saturated heterocycles. The molecule has 0 aliphatic heterocycles. The molecule has 5 heteroatoms. The third-order valence-corrected chi connectivity index (χ3v) is 4.42. The van der Waals surface area contributed by atoms with Crippen LogP contribution in [-0.2, 0) is 5.41 Å². The highest BCUT2D eigenvalue weighted by Crippen LogP contribution is 2.48. The van der Waals surface area contributed by atoms with Crippen LogP contribution in [0.4, 0.5) is 13.2 Å². The number of hydrogen-bond donors (Lipinski definition) is 1. The summed E-state index contributed by atoms with van der Waals surface area (Å²) in [5, 5.41) is 2.04. The Morgan fingerprint density at radius 3 is 2.23 bits per heavy atom. The van der Waals surface area contributed by atoms with Crippen LogP contribution in [0.25, 0.3) is 0 Å². The van der Waals surface area contributed by atoms with Crippen LogP contribution < -0.4 is 5.32 Å². The van der Waals surface area contributed by atoms with E-state index < -0.39 is 18.1 Å². The molecule has 1 saturated carbocycles. The van der Waals surface area contributed by atoms with Gasteiger partial charge in [0.1, 0.15) is 6.04 Å². The lowest BCUT2D eigenvalue weighted by molar-refractivity contribution is -0.149. The number of amides is 1. The highest BCUT2D eigenvalue weighted by Gasteiger charge is 2.40. The van der Waals surface area contributed by atoms with Crippen molar-refractivity contribution in [3.63, 3.8) is 0 Å². The first-order chi connectivity index (χ1) is 10.0. The number of nitrogens with one attached hydrogen (secondary N) is 1. The van der Waals surface area contributed by atoms with E-state index in [0.29, 0.717) is 5.56 Å². The number of benzene rings is 1. The van der Waals surface area contributed by atoms with Gasteiger partial charge in [-0.3, -0.25) is 4.79 Å². The number of halogens is 3. The number of carbonyl (C=O) groups excluding carboxylic acids is 1. The molecule has 1 amide bonds. The van der Waals surface area contributed by atoms with Crippen LogP contribution >= 0.6 is 0 Å². The molecule has 0 unspecified atom stereocenters. The Kier molecular flexibility index (Phi) is 4.28. The largest absolute Gasteiger partial charge is 0.408 e. The van der Waals surface area contributed by atoms with E-state index in [1.807, 2.05) is 19.2 Å². The number of alkyl halides is 3. The predicted molar refractivity (Wildman–Crippen MR) is 80.1 cm³/mol. The van der Waals surface area contributed by atoms with Crippen molar-refractivity contribution in [2.24, 2.45) is 0 Å². The minimum Gasteiger partial charge on any atom is -0.341 e. The lowest BCUT2D eigenvalue weighted by atomic mass is 9.90. The molecule has 0 aromatic heterocycles. The molecule has 1 aliphatic rings. The topological polar surface area (TPSA) is 29.1 Å². The zero-order chi connectivity index (χ0) is 16.7. The Bertz CT molecular complexity index is 574. The second kappa shape index (κ2) is 5.60. The molecular weight excluding hydrogens is 291 g/mol. The summed E-state index contributed by atoms with van der Waals surface area (Å²) in [5.41, 5.74) is 2.40. The quantitative estimate of drug-likeness (QED) is 0.868. The van der Waals surface area contributed by atoms with Gasteiger partial charge in [-0.25, -0.2) is 0 Å². The van der Waals surface area contributed by atoms with Crippen LogP contribution in [0.2, 0.25) is 0 Å². The van der Waals surface area contributed by atoms with Crippen molar-refractivity contribution in [1.29, 1.82) is 0 Å². The second-order valence-electron chi connectivity index (χ2n) is 6.80. The van der Waals surface area contributed by atoms with Gasteiger partial charge in [0, 0.05) is 5.56 Å². The maximum atomic E-state index is 12.6. The van der Waals surface area contributed by atoms with Crippen molar-refractivity contribution < 1.29 is 18.0 Å². The smallest absolute Gasteiger partial charge is 0.341 e. The second-order valence-corrected chi connectivity index (χ2v) is 6.80. The van der Waals surface area contributed by atoms with E-state index in [0.717, 1.165) is 30.9 Å². The fraction of sp³-hybridized carbons (Fsp3) is 0.588. The third-order valence-electron chi connectivity index (χ3n) is 4.42. The van der Waals surface area contributed by atoms with E-state index in [9.17, 15) is 18.0 Å². The Hall–Kier alpha value is -1.52. The van der Waals surface area contributed by atoms with Crippen LogP contribution in [0.15, 0.2) is 18.2 Å². The summed E-state index contributed by atoms with van der Waals surface area (Å²) in [6.45, 7) is 7.09. The monoisotopic (exact) mass is 313 g/mol. The molecule has 1 atom stereocenters. The van der Waals surface area contributed by atoms with Crippen LogP contribution in [0.3, 0.4) is 0 Å². The molecule has 122 valence electrons. The maximum absolute atomic E-state index is 12.6. The number of carbonyl (C=O) groups is 1. The summed E-state index contributed by atoms with van der Waals surface area (Å²) < 4.78 is 37.8. The molecule has 1 N–H and O–H groups in total. The average molecular weight is 313 g/mol. The highest BCUT2D eigenvalue weighted by atomic mass is 19.4. The molecule has 2 rings (SSSR count). The van der Waals surface area contributed by atoms with Crippen molar-refractivity contribution in [2.75, 3.05) is 0 Å². The SMILES string of the molecule is CC(C)c1cc(C(=O)N[C@@H](C)C(F)(F)F)cc(C2(C)CC2)c1. The molecule has 0 heterocycles. The first kappa shape index (κ1) is 16.8. The normalized spacial score (nSPS) is 18.2. The van der Waals surface area contributed by atoms with E-state index in [2.05, 4.69) is 13.0 Å². The minimum atomic E-state index is -4.43. The lowest BCUT2D eigenvalue weighted by Crippen LogP contribution is -2.43. The summed E-state index contributed by atoms with van der Waals surface area (Å²) in [4.78, 5) is 12.2. The Morgan fingerprint density at radius 1 is 1.18 bits per heavy atom. The fourth-order valence-corrected chi connectivity index (χ4v) is 2.30. The molecular formula is C17H22F3NO. The summed E-state index contributed by atoms with van der Waals surface area (Å²) in [6.07, 6.45) is -2.33. The van der Waals surface area contributed by atoms with Crippen molar-refractivity contribution in [1.82, 2.24) is 5.32 Å². The first-order valence-electron chi connectivity index (χ1n) is 7.56. The summed E-state index contributed by atoms with van der Waals surface area (Å²) in [5.74, 6) is -0.452. The van der Waals surface area contributed by atoms with Crippen LogP contribution in [0.1, 0.15) is 67.9 Å². The number of hydrogen-bond acceptors (Lipinski definition) is 1. The van der Waals surface area contributed by atoms with E-state index in [1.54, 1.807) is 12.1 Å². The average Bonchev–Trinajstić information content (AvgIpc) is 3.16. The van der Waals surface area contributed by atoms with Gasteiger partial charge in [0.2, 0.25) is 0 Å². The summed E-state index contributed by atoms with van der Waals surface area (Å²) in [7, 11) is 0. The zero-order valence-corrected chi connectivity index (χ0v) is 13.3. The predicted octanol–water partition coefficient (Wildman–Crippen LogP) is 4.54. The van der Waals surface area contributed by atoms with Gasteiger partial charge in [0.05, 0.1) is 0 Å². The molecule has 1 aliphatic carbocycles. The molecule has 1 fully saturated rings. The van der Waals surface area contributed by atoms with Gasteiger partial charge >= 0.3 is 6.18 Å². The lowest BCUT2D eigenvalue weighted by Gasteiger charge is -2.19. The van der Waals surface area contributed by atoms with Gasteiger partial charge in [0.15, 0.2) is 0 Å². The zero-order valence-electron chi connectivity index (χ0n) is 13.3. The van der Waals surface area contributed by atoms with Crippen LogP contribution in [-0.4, -0.2) is 18.1 Å². The van der Waals surface area contributed by atoms with Crippen LogP contribution in [0, 0.1) is 0 Å². The van der Waals surface area contributed by atoms with E-state index in [-0.39, 0.29) is 11.3 Å². The van der Waals surface area contributed by atoms with Gasteiger partial charge in [-0.1, -0.05) is 26.8 Å². The van der Waals surface area contributed by atoms with Crippen molar-refractivity contribution in [3.8, 4) is 0 Å². The fourth-order valence-electron chi connectivity index (χ4n) is 2.30. The highest BCUT2D eigenvalue weighted by molar-refractivity contribution is 5.95. The Morgan fingerprint density at radius 2 is 1.77 bits per heavy atom. The van der Waals surface area contributed by atoms with E-state index in [4.69, 9.17) is 0 Å². The minimum absolute atomic E-state index is 0.0651. The van der Waals surface area contributed by atoms with Crippen molar-refractivity contribution >= 4 is 5.91 Å². The van der Waals surface area contributed by atoms with Gasteiger partial charge in [0.25, 0.3) is 5.91 Å². The molecule has 0 bridgehead atoms. The molecule has 2 nitrogen and oxygen atoms in total. The molecule has 0 spiro atoms. The van der Waals surface area contributed by atoms with E-state index >= 15 is 0 Å². The molecule has 0 radical (unpaired) electrons. The summed E-state index contributed by atoms with van der Waals surface area (Å²) in [6, 6.07) is 3.64. The molecule has 22 heavy (non-hydrogen) atoms. The number of rotatable bonds is 4. The Labute approximate surface area is 129 Å². The Balaban J connectivity index is 2.30. The van der Waals surface area contributed by atoms with Crippen molar-refractivity contribution in [2.45, 2.75) is 64.1 Å². The van der Waals surface area contributed by atoms with Crippen molar-refractivity contribution in [3.05, 3.63) is 34.9 Å². The van der Waals surface area contributed by atoms with Gasteiger partial charge in [-0.05, 0) is 54.4 Å². The van der Waals surface area contributed by atoms with Gasteiger partial charge in [-0.15, -0.1) is 0 Å². The maximum Gasteiger partial charge on any atom is 0.408 e. The van der Waals surface area contributed by atoms with Gasteiger partial charge in [-0.2, -0.15) is 13.2 Å². The third kappa shape index (κ3) is 3.62. The first-order valence-corrected chi connectivity index (χ1v) is 7.56.